The third-order valence-corrected chi connectivity index (χ3v) is 4.72. The number of nitrogens with zero attached hydrogens (tertiary/aromatic N) is 1. The van der Waals surface area contributed by atoms with Crippen molar-refractivity contribution >= 4 is 24.2 Å². The van der Waals surface area contributed by atoms with Crippen LogP contribution in [0, 0.1) is 0 Å². The van der Waals surface area contributed by atoms with Gasteiger partial charge in [-0.3, -0.25) is 4.79 Å². The monoisotopic (exact) mass is 440 g/mol. The number of benzene rings is 1. The Morgan fingerprint density at radius 2 is 2.19 bits per heavy atom. The lowest BCUT2D eigenvalue weighted by atomic mass is 10.0. The third kappa shape index (κ3) is 6.16. The van der Waals surface area contributed by atoms with Crippen LogP contribution in [0.15, 0.2) is 66.0 Å². The van der Waals surface area contributed by atoms with Crippen LogP contribution in [-0.2, 0) is 19.1 Å². The number of hydrogen-bond acceptors (Lipinski definition) is 8. The summed E-state index contributed by atoms with van der Waals surface area (Å²) in [7, 11) is 1.39. The number of aromatic hydroxyl groups is 1. The van der Waals surface area contributed by atoms with E-state index in [2.05, 4.69) is 15.3 Å². The van der Waals surface area contributed by atoms with Crippen molar-refractivity contribution in [2.75, 3.05) is 7.11 Å². The Kier molecular flexibility index (Phi) is 7.96. The van der Waals surface area contributed by atoms with Gasteiger partial charge in [0.2, 0.25) is 5.91 Å². The number of hydrogen-bond donors (Lipinski definition) is 3. The van der Waals surface area contributed by atoms with Crippen molar-refractivity contribution in [2.45, 2.75) is 30.8 Å². The van der Waals surface area contributed by atoms with Gasteiger partial charge in [0, 0.05) is 18.7 Å². The Labute approximate surface area is 185 Å². The van der Waals surface area contributed by atoms with Crippen LogP contribution < -0.4 is 5.32 Å². The van der Waals surface area contributed by atoms with Gasteiger partial charge in [0.25, 0.3) is 0 Å². The lowest BCUT2D eigenvalue weighted by molar-refractivity contribution is -0.115. The number of phenolic OH excluding ortho intramolecular Hbond substituents is 1. The molecule has 9 heteroatoms. The zero-order chi connectivity index (χ0) is 22.9. The number of phenols is 1. The summed E-state index contributed by atoms with van der Waals surface area (Å²) in [6, 6.07) is 4.69. The largest absolute Gasteiger partial charge is 0.507 e. The summed E-state index contributed by atoms with van der Waals surface area (Å²) in [4.78, 5) is 29.0. The molecule has 3 rings (SSSR count). The molecule has 0 saturated carbocycles. The van der Waals surface area contributed by atoms with E-state index in [1.54, 1.807) is 42.5 Å². The fourth-order valence-electron chi connectivity index (χ4n) is 3.10. The number of epoxide rings is 1. The van der Waals surface area contributed by atoms with Crippen LogP contribution in [0.3, 0.4) is 0 Å². The molecule has 3 N–H and O–H groups in total. The van der Waals surface area contributed by atoms with E-state index >= 15 is 0 Å². The molecule has 4 atom stereocenters. The summed E-state index contributed by atoms with van der Waals surface area (Å²) in [5.41, 5.74) is 0.483. The lowest BCUT2D eigenvalue weighted by Crippen LogP contribution is -2.36. The van der Waals surface area contributed by atoms with E-state index in [9.17, 15) is 19.8 Å². The Balaban J connectivity index is 1.72. The van der Waals surface area contributed by atoms with Crippen molar-refractivity contribution < 1.29 is 34.1 Å². The second-order valence-corrected chi connectivity index (χ2v) is 6.93. The average Bonchev–Trinajstić information content (AvgIpc) is 3.54. The number of cyclic esters (lactones) is 1. The molecule has 9 nitrogen and oxygen atoms in total. The number of rotatable bonds is 6. The van der Waals surface area contributed by atoms with Gasteiger partial charge >= 0.3 is 5.97 Å². The molecule has 0 aliphatic carbocycles. The minimum Gasteiger partial charge on any atom is -0.507 e. The van der Waals surface area contributed by atoms with Crippen molar-refractivity contribution in [2.24, 2.45) is 5.16 Å². The minimum absolute atomic E-state index is 0.00308. The maximum atomic E-state index is 12.8. The molecule has 0 spiro atoms. The van der Waals surface area contributed by atoms with E-state index in [-0.39, 0.29) is 23.8 Å². The minimum atomic E-state index is -1.10. The van der Waals surface area contributed by atoms with E-state index < -0.39 is 30.2 Å². The molecule has 1 amide bonds. The number of ether oxygens (including phenoxy) is 2. The van der Waals surface area contributed by atoms with Crippen molar-refractivity contribution in [3.05, 3.63) is 72.0 Å². The van der Waals surface area contributed by atoms with Crippen LogP contribution in [0.2, 0.25) is 0 Å². The molecule has 1 fully saturated rings. The van der Waals surface area contributed by atoms with Crippen LogP contribution in [0.25, 0.3) is 6.08 Å². The molecule has 0 radical (unpaired) electrons. The molecule has 2 heterocycles. The van der Waals surface area contributed by atoms with Crippen molar-refractivity contribution in [3.8, 4) is 5.75 Å². The number of carbonyl (C=O) groups is 2. The molecular weight excluding hydrogens is 416 g/mol. The first-order chi connectivity index (χ1) is 15.5. The first-order valence-corrected chi connectivity index (χ1v) is 9.91. The fraction of sp³-hybridized carbons (Fsp3) is 0.261. The predicted molar refractivity (Wildman–Crippen MR) is 117 cm³/mol. The van der Waals surface area contributed by atoms with Gasteiger partial charge in [-0.1, -0.05) is 47.7 Å². The van der Waals surface area contributed by atoms with Crippen molar-refractivity contribution in [1.29, 1.82) is 0 Å². The highest BCUT2D eigenvalue weighted by molar-refractivity contribution is 5.96. The number of fused-ring (bicyclic) bond motifs is 2. The Hall–Kier alpha value is -3.69. The molecule has 1 saturated heterocycles. The summed E-state index contributed by atoms with van der Waals surface area (Å²) in [6.45, 7) is 0. The molecule has 0 bridgehead atoms. The average molecular weight is 440 g/mol. The van der Waals surface area contributed by atoms with Crippen LogP contribution in [-0.4, -0.2) is 59.8 Å². The predicted octanol–water partition coefficient (Wildman–Crippen LogP) is 1.84. The maximum absolute atomic E-state index is 12.8. The van der Waals surface area contributed by atoms with E-state index in [0.717, 1.165) is 0 Å². The number of nitrogens with one attached hydrogen (secondary N) is 1. The van der Waals surface area contributed by atoms with Crippen LogP contribution in [0.1, 0.15) is 22.3 Å². The highest BCUT2D eigenvalue weighted by atomic mass is 16.6. The van der Waals surface area contributed by atoms with Gasteiger partial charge in [-0.15, -0.1) is 0 Å². The van der Waals surface area contributed by atoms with Gasteiger partial charge in [0.15, 0.2) is 0 Å². The number of aliphatic hydroxyl groups is 1. The fourth-order valence-corrected chi connectivity index (χ4v) is 3.10. The first kappa shape index (κ1) is 23.0. The summed E-state index contributed by atoms with van der Waals surface area (Å²) in [5.74, 6) is -1.40. The van der Waals surface area contributed by atoms with Crippen LogP contribution >= 0.6 is 0 Å². The molecule has 4 unspecified atom stereocenters. The molecule has 1 aromatic rings. The molecule has 1 aromatic carbocycles. The van der Waals surface area contributed by atoms with Crippen molar-refractivity contribution in [3.63, 3.8) is 0 Å². The molecule has 0 aromatic heterocycles. The molecule has 2 aliphatic heterocycles. The van der Waals surface area contributed by atoms with E-state index in [1.807, 2.05) is 0 Å². The van der Waals surface area contributed by atoms with Gasteiger partial charge in [-0.05, 0) is 17.7 Å². The number of amides is 1. The van der Waals surface area contributed by atoms with E-state index in [1.165, 1.54) is 37.7 Å². The number of oxime groups is 1. The summed E-state index contributed by atoms with van der Waals surface area (Å²) in [6.07, 6.45) is 11.1. The Morgan fingerprint density at radius 3 is 3.00 bits per heavy atom. The highest BCUT2D eigenvalue weighted by Gasteiger charge is 2.46. The second-order valence-electron chi connectivity index (χ2n) is 6.93. The molecule has 32 heavy (non-hydrogen) atoms. The number of allylic oxidation sites excluding steroid dienone is 3. The third-order valence-electron chi connectivity index (χ3n) is 4.72. The zero-order valence-corrected chi connectivity index (χ0v) is 17.3. The molecule has 168 valence electrons. The van der Waals surface area contributed by atoms with Crippen LogP contribution in [0.4, 0.5) is 0 Å². The number of esters is 1. The Bertz CT molecular complexity index is 981. The summed E-state index contributed by atoms with van der Waals surface area (Å²) < 4.78 is 11.0. The first-order valence-electron chi connectivity index (χ1n) is 9.91. The maximum Gasteiger partial charge on any atom is 0.342 e. The quantitative estimate of drug-likeness (QED) is 0.202. The standard InChI is InChI=1S/C23H24N2O7/c1-30-25-14-6-12-19(27)24-13-5-11-17-21(28)22-18(31-22)10-3-2-7-15-8-4-9-16(26)20(15)23(29)32-17/h2-10,12-14,17-18,21-22,26,28H,11H2,1H3,(H,24,27)/b7-2-,10-3-,12-6-,13-5+,25-14-. The van der Waals surface area contributed by atoms with Gasteiger partial charge in [0.05, 0.1) is 6.21 Å². The molecular formula is C23H24N2O7. The van der Waals surface area contributed by atoms with E-state index in [0.29, 0.717) is 5.56 Å². The summed E-state index contributed by atoms with van der Waals surface area (Å²) >= 11 is 0. The van der Waals surface area contributed by atoms with Gasteiger partial charge in [-0.2, -0.15) is 0 Å². The zero-order valence-electron chi connectivity index (χ0n) is 17.3. The number of aliphatic hydroxyl groups excluding tert-OH is 1. The summed E-state index contributed by atoms with van der Waals surface area (Å²) in [5, 5.41) is 26.9. The second kappa shape index (κ2) is 11.1. The van der Waals surface area contributed by atoms with E-state index in [4.69, 9.17) is 9.47 Å². The number of carbonyl (C=O) groups excluding carboxylic acids is 2. The van der Waals surface area contributed by atoms with Crippen LogP contribution in [0.5, 0.6) is 5.75 Å². The highest BCUT2D eigenvalue weighted by Crippen LogP contribution is 2.32. The van der Waals surface area contributed by atoms with Gasteiger partial charge in [-0.25, -0.2) is 4.79 Å². The normalized spacial score (nSPS) is 27.1. The van der Waals surface area contributed by atoms with Gasteiger partial charge in [0.1, 0.15) is 42.8 Å². The van der Waals surface area contributed by atoms with Gasteiger partial charge < -0.3 is 29.8 Å². The Morgan fingerprint density at radius 1 is 1.34 bits per heavy atom. The molecule has 2 aliphatic rings. The lowest BCUT2D eigenvalue weighted by Gasteiger charge is -2.22. The van der Waals surface area contributed by atoms with Crippen molar-refractivity contribution in [1.82, 2.24) is 5.32 Å². The SMILES string of the molecule is CO/N=C\C=C/C(=O)N/C=C/CC1OC(=O)c2c(O)cccc2/C=C\C=C/C2OC2C1O. The topological polar surface area (TPSA) is 130 Å². The smallest absolute Gasteiger partial charge is 0.342 e.